The van der Waals surface area contributed by atoms with Crippen molar-refractivity contribution < 1.29 is 76.6 Å². The van der Waals surface area contributed by atoms with Crippen LogP contribution >= 0.6 is 0 Å². The summed E-state index contributed by atoms with van der Waals surface area (Å²) in [6.45, 7) is -0.835. The molecule has 31 heavy (non-hydrogen) atoms. The van der Waals surface area contributed by atoms with E-state index in [4.69, 9.17) is 19.3 Å². The third kappa shape index (κ3) is 5.69. The number of ether oxygens (including phenoxy) is 3. The number of benzene rings is 1. The van der Waals surface area contributed by atoms with E-state index in [1.165, 1.54) is 7.11 Å². The van der Waals surface area contributed by atoms with E-state index in [0.717, 1.165) is 0 Å². The summed E-state index contributed by atoms with van der Waals surface area (Å²) in [6, 6.07) is 6.25. The number of alkyl halides is 4. The number of H-pyrrole nitrogens is 1. The molecule has 0 spiro atoms. The first-order valence-electron chi connectivity index (χ1n) is 8.86. The third-order valence-corrected chi connectivity index (χ3v) is 4.68. The Kier molecular flexibility index (Phi) is 8.73. The number of aromatic amines is 1. The summed E-state index contributed by atoms with van der Waals surface area (Å²) >= 11 is 0. The Labute approximate surface area is 196 Å². The topological polar surface area (TPSA) is 117 Å². The van der Waals surface area contributed by atoms with E-state index in [1.54, 1.807) is 24.3 Å². The molecule has 1 aromatic heterocycles. The molecule has 166 valence electrons. The van der Waals surface area contributed by atoms with Gasteiger partial charge in [0.05, 0.1) is 19.3 Å². The molecule has 0 bridgehead atoms. The fourth-order valence-corrected chi connectivity index (χ4v) is 3.04. The standard InChI is InChI=1S/C18H20F4N2O6.Na/c1-28-9-4-2-8(3-5-9)6-10-15(18(20,21)22)23-24-16(10)30-17-14(27)13(26)12(19)11(7-25)29-17;/h2-5,11-14,17,25-27H,6-7H2,1H3,(H,23,24);/q;+1/t11-,12-,13+,14-,17+;/m1./s1. The Hall–Kier alpha value is -1.41. The molecule has 0 radical (unpaired) electrons. The molecule has 1 aromatic carbocycles. The van der Waals surface area contributed by atoms with Crippen LogP contribution in [0.4, 0.5) is 17.6 Å². The molecule has 0 amide bonds. The van der Waals surface area contributed by atoms with Crippen LogP contribution in [0.15, 0.2) is 24.3 Å². The van der Waals surface area contributed by atoms with Crippen molar-refractivity contribution in [1.82, 2.24) is 10.2 Å². The number of halogens is 4. The minimum absolute atomic E-state index is 0. The second-order valence-corrected chi connectivity index (χ2v) is 6.67. The first kappa shape index (κ1) is 25.8. The van der Waals surface area contributed by atoms with E-state index in [1.807, 2.05) is 5.10 Å². The predicted octanol–water partition coefficient (Wildman–Crippen LogP) is -1.81. The van der Waals surface area contributed by atoms with Crippen molar-refractivity contribution in [2.75, 3.05) is 13.7 Å². The number of hydrogen-bond donors (Lipinski definition) is 4. The summed E-state index contributed by atoms with van der Waals surface area (Å²) in [5, 5.41) is 34.3. The number of methoxy groups -OCH3 is 1. The second-order valence-electron chi connectivity index (χ2n) is 6.67. The largest absolute Gasteiger partial charge is 1.00 e. The van der Waals surface area contributed by atoms with Crippen molar-refractivity contribution in [1.29, 1.82) is 0 Å². The third-order valence-electron chi connectivity index (χ3n) is 4.68. The van der Waals surface area contributed by atoms with Crippen molar-refractivity contribution in [3.63, 3.8) is 0 Å². The molecule has 1 fully saturated rings. The number of hydrogen-bond acceptors (Lipinski definition) is 7. The molecule has 5 atom stereocenters. The number of rotatable bonds is 6. The molecule has 2 aromatic rings. The van der Waals surface area contributed by atoms with E-state index in [2.05, 4.69) is 5.10 Å². The van der Waals surface area contributed by atoms with E-state index >= 15 is 0 Å². The Bertz CT molecular complexity index is 849. The van der Waals surface area contributed by atoms with Gasteiger partial charge in [-0.25, -0.2) is 4.39 Å². The van der Waals surface area contributed by atoms with Gasteiger partial charge in [-0.05, 0) is 17.7 Å². The Morgan fingerprint density at radius 2 is 1.81 bits per heavy atom. The van der Waals surface area contributed by atoms with Crippen LogP contribution in [0.1, 0.15) is 16.8 Å². The number of aromatic nitrogens is 2. The van der Waals surface area contributed by atoms with E-state index in [-0.39, 0.29) is 41.5 Å². The number of nitrogens with one attached hydrogen (secondary N) is 1. The Balaban J connectivity index is 0.00000341. The van der Waals surface area contributed by atoms with Crippen molar-refractivity contribution in [2.45, 2.75) is 43.4 Å². The summed E-state index contributed by atoms with van der Waals surface area (Å²) in [6.07, 6.45) is -14.3. The van der Waals surface area contributed by atoms with Gasteiger partial charge in [-0.15, -0.1) is 5.10 Å². The van der Waals surface area contributed by atoms with Gasteiger partial charge >= 0.3 is 35.7 Å². The van der Waals surface area contributed by atoms with Gasteiger partial charge in [0.15, 0.2) is 6.17 Å². The van der Waals surface area contributed by atoms with Crippen LogP contribution in [0.5, 0.6) is 11.6 Å². The number of aliphatic hydroxyl groups is 3. The molecule has 8 nitrogen and oxygen atoms in total. The molecule has 0 aliphatic carbocycles. The predicted molar refractivity (Wildman–Crippen MR) is 92.7 cm³/mol. The Morgan fingerprint density at radius 1 is 1.16 bits per heavy atom. The SMILES string of the molecule is COc1ccc(Cc2c(O[C@@H]3O[C@H](CO)[C@@H](F)[C@H](O)[C@H]3O)n[nH]c2C(F)(F)F)cc1.[Na+]. The van der Waals surface area contributed by atoms with Crippen LogP contribution in [-0.4, -0.2) is 70.0 Å². The van der Waals surface area contributed by atoms with Crippen LogP contribution in [-0.2, 0) is 17.3 Å². The molecule has 0 saturated carbocycles. The summed E-state index contributed by atoms with van der Waals surface area (Å²) in [5.41, 5.74) is -1.06. The van der Waals surface area contributed by atoms with Crippen molar-refractivity contribution in [2.24, 2.45) is 0 Å². The van der Waals surface area contributed by atoms with E-state index < -0.39 is 55.1 Å². The first-order chi connectivity index (χ1) is 14.2. The average Bonchev–Trinajstić information content (AvgIpc) is 3.11. The minimum Gasteiger partial charge on any atom is -0.497 e. The van der Waals surface area contributed by atoms with Gasteiger partial charge in [-0.3, -0.25) is 5.10 Å². The molecule has 4 N–H and O–H groups in total. The molecule has 1 aliphatic heterocycles. The zero-order valence-corrected chi connectivity index (χ0v) is 18.6. The van der Waals surface area contributed by atoms with Gasteiger partial charge in [0.2, 0.25) is 12.2 Å². The van der Waals surface area contributed by atoms with Gasteiger partial charge in [0, 0.05) is 6.42 Å². The summed E-state index contributed by atoms with van der Waals surface area (Å²) in [4.78, 5) is 0. The first-order valence-corrected chi connectivity index (χ1v) is 8.86. The molecule has 1 aliphatic rings. The fourth-order valence-electron chi connectivity index (χ4n) is 3.04. The maximum Gasteiger partial charge on any atom is 1.00 e. The van der Waals surface area contributed by atoms with Gasteiger partial charge in [0.1, 0.15) is 29.8 Å². The fraction of sp³-hybridized carbons (Fsp3) is 0.500. The minimum atomic E-state index is -4.78. The normalized spacial score (nSPS) is 26.3. The van der Waals surface area contributed by atoms with E-state index in [9.17, 15) is 27.8 Å². The summed E-state index contributed by atoms with van der Waals surface area (Å²) in [7, 11) is 1.45. The van der Waals surface area contributed by atoms with Crippen LogP contribution < -0.4 is 39.0 Å². The number of aliphatic hydroxyl groups excluding tert-OH is 3. The maximum absolute atomic E-state index is 13.9. The molecule has 2 heterocycles. The zero-order chi connectivity index (χ0) is 22.1. The zero-order valence-electron chi connectivity index (χ0n) is 16.6. The smallest absolute Gasteiger partial charge is 0.497 e. The van der Waals surface area contributed by atoms with Crippen LogP contribution in [0, 0.1) is 0 Å². The molecule has 1 saturated heterocycles. The van der Waals surface area contributed by atoms with Crippen molar-refractivity contribution in [3.8, 4) is 11.6 Å². The number of nitrogens with zero attached hydrogens (tertiary/aromatic N) is 1. The molecular formula is C18H20F4N2NaO6+. The molecule has 13 heteroatoms. The van der Waals surface area contributed by atoms with Crippen LogP contribution in [0.2, 0.25) is 0 Å². The summed E-state index contributed by atoms with van der Waals surface area (Å²) in [5.74, 6) is -0.0228. The molecule has 3 rings (SSSR count). The van der Waals surface area contributed by atoms with Gasteiger partial charge in [0.25, 0.3) is 0 Å². The van der Waals surface area contributed by atoms with Gasteiger partial charge in [-0.2, -0.15) is 13.2 Å². The molecule has 0 unspecified atom stereocenters. The van der Waals surface area contributed by atoms with E-state index in [0.29, 0.717) is 11.3 Å². The quantitative estimate of drug-likeness (QED) is 0.297. The second kappa shape index (κ2) is 10.5. The van der Waals surface area contributed by atoms with Crippen molar-refractivity contribution >= 4 is 0 Å². The van der Waals surface area contributed by atoms with Crippen LogP contribution in [0.3, 0.4) is 0 Å². The van der Waals surface area contributed by atoms with Gasteiger partial charge in [-0.1, -0.05) is 12.1 Å². The van der Waals surface area contributed by atoms with Crippen LogP contribution in [0.25, 0.3) is 0 Å². The summed E-state index contributed by atoms with van der Waals surface area (Å²) < 4.78 is 69.5. The Morgan fingerprint density at radius 3 is 2.35 bits per heavy atom. The van der Waals surface area contributed by atoms with Crippen molar-refractivity contribution in [3.05, 3.63) is 41.1 Å². The van der Waals surface area contributed by atoms with Gasteiger partial charge < -0.3 is 29.5 Å². The molecular weight excluding hydrogens is 439 g/mol. The average molecular weight is 459 g/mol. The monoisotopic (exact) mass is 459 g/mol. The maximum atomic E-state index is 13.9.